The van der Waals surface area contributed by atoms with Gasteiger partial charge >= 0.3 is 0 Å². The van der Waals surface area contributed by atoms with Gasteiger partial charge in [-0.25, -0.2) is 4.39 Å². The fourth-order valence-electron chi connectivity index (χ4n) is 2.08. The summed E-state index contributed by atoms with van der Waals surface area (Å²) in [5, 5.41) is 0. The molecule has 0 atom stereocenters. The van der Waals surface area contributed by atoms with Crippen molar-refractivity contribution in [2.24, 2.45) is 0 Å². The van der Waals surface area contributed by atoms with E-state index in [2.05, 4.69) is 15.9 Å². The Morgan fingerprint density at radius 2 is 2.19 bits per heavy atom. The summed E-state index contributed by atoms with van der Waals surface area (Å²) in [6.07, 6.45) is 3.12. The van der Waals surface area contributed by atoms with Crippen LogP contribution in [0.1, 0.15) is 11.1 Å². The Hall–Kier alpha value is -2.08. The molecule has 2 aromatic rings. The van der Waals surface area contributed by atoms with Gasteiger partial charge in [0.2, 0.25) is 6.79 Å². The van der Waals surface area contributed by atoms with Crippen LogP contribution in [0.15, 0.2) is 52.1 Å². The standard InChI is InChI=1S/C15H11BrFNO3/c16-14-12(13-8-20-9-21-13)4-5-18(15(14)19)7-10-2-1-3-11(17)6-10/h1-6,8H,7,9H2. The Morgan fingerprint density at radius 3 is 2.90 bits per heavy atom. The lowest BCUT2D eigenvalue weighted by Crippen LogP contribution is -2.22. The molecule has 0 N–H and O–H groups in total. The van der Waals surface area contributed by atoms with E-state index in [1.807, 2.05) is 0 Å². The van der Waals surface area contributed by atoms with E-state index in [9.17, 15) is 9.18 Å². The number of hydrogen-bond donors (Lipinski definition) is 0. The van der Waals surface area contributed by atoms with Crippen LogP contribution in [0, 0.1) is 5.82 Å². The van der Waals surface area contributed by atoms with Crippen molar-refractivity contribution in [2.45, 2.75) is 6.54 Å². The number of ether oxygens (including phenoxy) is 2. The van der Waals surface area contributed by atoms with E-state index in [1.54, 1.807) is 24.4 Å². The number of benzene rings is 1. The zero-order chi connectivity index (χ0) is 14.8. The van der Waals surface area contributed by atoms with Gasteiger partial charge in [0.15, 0.2) is 5.76 Å². The second-order valence-corrected chi connectivity index (χ2v) is 5.31. The van der Waals surface area contributed by atoms with Crippen LogP contribution in [-0.2, 0) is 16.0 Å². The average Bonchev–Trinajstić information content (AvgIpc) is 2.98. The van der Waals surface area contributed by atoms with E-state index in [0.29, 0.717) is 22.3 Å². The summed E-state index contributed by atoms with van der Waals surface area (Å²) in [7, 11) is 0. The first-order valence-electron chi connectivity index (χ1n) is 6.23. The molecule has 0 radical (unpaired) electrons. The van der Waals surface area contributed by atoms with Crippen LogP contribution in [0.3, 0.4) is 0 Å². The van der Waals surface area contributed by atoms with Crippen molar-refractivity contribution in [3.63, 3.8) is 0 Å². The summed E-state index contributed by atoms with van der Waals surface area (Å²) >= 11 is 3.29. The molecule has 1 aliphatic rings. The molecule has 0 fully saturated rings. The topological polar surface area (TPSA) is 40.5 Å². The highest BCUT2D eigenvalue weighted by atomic mass is 79.9. The summed E-state index contributed by atoms with van der Waals surface area (Å²) < 4.78 is 25.3. The van der Waals surface area contributed by atoms with Gasteiger partial charge in [-0.1, -0.05) is 12.1 Å². The maximum atomic E-state index is 13.2. The minimum atomic E-state index is -0.321. The highest BCUT2D eigenvalue weighted by Crippen LogP contribution is 2.25. The van der Waals surface area contributed by atoms with E-state index in [-0.39, 0.29) is 18.2 Å². The summed E-state index contributed by atoms with van der Waals surface area (Å²) in [6.45, 7) is 0.444. The quantitative estimate of drug-likeness (QED) is 0.852. The minimum Gasteiger partial charge on any atom is -0.461 e. The van der Waals surface area contributed by atoms with Crippen molar-refractivity contribution in [3.05, 3.63) is 74.6 Å². The van der Waals surface area contributed by atoms with Gasteiger partial charge in [-0.2, -0.15) is 0 Å². The average molecular weight is 352 g/mol. The number of pyridine rings is 1. The van der Waals surface area contributed by atoms with Crippen LogP contribution >= 0.6 is 15.9 Å². The van der Waals surface area contributed by atoms with E-state index in [1.165, 1.54) is 23.0 Å². The molecule has 2 heterocycles. The molecule has 1 aromatic heterocycles. The highest BCUT2D eigenvalue weighted by Gasteiger charge is 2.16. The predicted molar refractivity (Wildman–Crippen MR) is 78.9 cm³/mol. The summed E-state index contributed by atoms with van der Waals surface area (Å²) in [5.41, 5.74) is 1.14. The Labute approximate surface area is 128 Å². The Bertz CT molecular complexity index is 770. The maximum absolute atomic E-state index is 13.2. The second-order valence-electron chi connectivity index (χ2n) is 4.52. The monoisotopic (exact) mass is 351 g/mol. The fourth-order valence-corrected chi connectivity index (χ4v) is 2.63. The van der Waals surface area contributed by atoms with Crippen molar-refractivity contribution in [3.8, 4) is 0 Å². The molecule has 4 nitrogen and oxygen atoms in total. The lowest BCUT2D eigenvalue weighted by Gasteiger charge is -2.10. The van der Waals surface area contributed by atoms with Gasteiger partial charge in [0, 0.05) is 11.8 Å². The predicted octanol–water partition coefficient (Wildman–Crippen LogP) is 3.10. The lowest BCUT2D eigenvalue weighted by molar-refractivity contribution is 0.100. The largest absolute Gasteiger partial charge is 0.461 e. The van der Waals surface area contributed by atoms with Crippen molar-refractivity contribution in [2.75, 3.05) is 6.79 Å². The van der Waals surface area contributed by atoms with Crippen molar-refractivity contribution < 1.29 is 13.9 Å². The van der Waals surface area contributed by atoms with Gasteiger partial charge in [0.05, 0.1) is 11.0 Å². The zero-order valence-electron chi connectivity index (χ0n) is 10.9. The van der Waals surface area contributed by atoms with Crippen LogP contribution in [0.2, 0.25) is 0 Å². The van der Waals surface area contributed by atoms with Gasteiger partial charge in [0.1, 0.15) is 12.1 Å². The third-order valence-corrected chi connectivity index (χ3v) is 3.85. The molecule has 0 bridgehead atoms. The molecular weight excluding hydrogens is 341 g/mol. The number of halogens is 2. The normalized spacial score (nSPS) is 13.5. The molecule has 0 spiro atoms. The van der Waals surface area contributed by atoms with Crippen LogP contribution in [0.5, 0.6) is 0 Å². The third-order valence-electron chi connectivity index (χ3n) is 3.09. The van der Waals surface area contributed by atoms with Crippen molar-refractivity contribution >= 4 is 21.7 Å². The van der Waals surface area contributed by atoms with Gasteiger partial charge in [-0.15, -0.1) is 0 Å². The van der Waals surface area contributed by atoms with Crippen LogP contribution in [0.4, 0.5) is 4.39 Å². The first-order chi connectivity index (χ1) is 10.1. The summed E-state index contributed by atoms with van der Waals surface area (Å²) in [4.78, 5) is 12.3. The Kier molecular flexibility index (Phi) is 3.79. The zero-order valence-corrected chi connectivity index (χ0v) is 12.5. The molecule has 1 aromatic carbocycles. The first-order valence-corrected chi connectivity index (χ1v) is 7.03. The Morgan fingerprint density at radius 1 is 1.33 bits per heavy atom. The van der Waals surface area contributed by atoms with E-state index >= 15 is 0 Å². The van der Waals surface area contributed by atoms with Crippen molar-refractivity contribution in [1.29, 1.82) is 0 Å². The number of nitrogens with zero attached hydrogens (tertiary/aromatic N) is 1. The molecule has 0 aliphatic carbocycles. The summed E-state index contributed by atoms with van der Waals surface area (Å²) in [6, 6.07) is 7.92. The van der Waals surface area contributed by atoms with E-state index in [4.69, 9.17) is 9.47 Å². The van der Waals surface area contributed by atoms with E-state index in [0.717, 1.165) is 5.56 Å². The van der Waals surface area contributed by atoms with Gasteiger partial charge in [-0.3, -0.25) is 4.79 Å². The van der Waals surface area contributed by atoms with Crippen LogP contribution < -0.4 is 5.56 Å². The molecule has 0 amide bonds. The molecule has 21 heavy (non-hydrogen) atoms. The third kappa shape index (κ3) is 2.85. The molecule has 6 heteroatoms. The molecule has 0 saturated carbocycles. The lowest BCUT2D eigenvalue weighted by atomic mass is 10.2. The number of rotatable bonds is 3. The summed E-state index contributed by atoms with van der Waals surface area (Å²) in [5.74, 6) is 0.190. The number of aromatic nitrogens is 1. The van der Waals surface area contributed by atoms with E-state index < -0.39 is 0 Å². The molecule has 3 rings (SSSR count). The molecule has 1 aliphatic heterocycles. The molecule has 108 valence electrons. The van der Waals surface area contributed by atoms with Crippen LogP contribution in [0.25, 0.3) is 5.76 Å². The van der Waals surface area contributed by atoms with Crippen LogP contribution in [-0.4, -0.2) is 11.4 Å². The maximum Gasteiger partial charge on any atom is 0.265 e. The second kappa shape index (κ2) is 5.73. The highest BCUT2D eigenvalue weighted by molar-refractivity contribution is 9.10. The SMILES string of the molecule is O=c1c(Br)c(C2=COCO2)ccn1Cc1cccc(F)c1. The first kappa shape index (κ1) is 13.9. The van der Waals surface area contributed by atoms with Crippen molar-refractivity contribution in [1.82, 2.24) is 4.57 Å². The molecular formula is C15H11BrFNO3. The fraction of sp³-hybridized carbons (Fsp3) is 0.133. The number of hydrogen-bond acceptors (Lipinski definition) is 3. The van der Waals surface area contributed by atoms with Gasteiger partial charge < -0.3 is 14.0 Å². The molecule has 0 unspecified atom stereocenters. The molecule has 0 saturated heterocycles. The van der Waals surface area contributed by atoms with Gasteiger partial charge in [-0.05, 0) is 39.7 Å². The Balaban J connectivity index is 1.94. The smallest absolute Gasteiger partial charge is 0.265 e. The van der Waals surface area contributed by atoms with Gasteiger partial charge in [0.25, 0.3) is 5.56 Å². The minimum absolute atomic E-state index is 0.147.